The number of nitrogens with zero attached hydrogens (tertiary/aromatic N) is 2. The number of aromatic nitrogens is 2. The molecular formula is C20H17F2N3O3S. The Bertz CT molecular complexity index is 1120. The molecule has 29 heavy (non-hydrogen) atoms. The number of halogens is 2. The number of fused-ring (bicyclic) bond motifs is 1. The number of rotatable bonds is 7. The molecule has 1 aliphatic rings. The maximum Gasteiger partial charge on any atom is 0.387 e. The Morgan fingerprint density at radius 3 is 2.69 bits per heavy atom. The number of amides is 1. The minimum Gasteiger partial charge on any atom is -0.433 e. The molecule has 1 fully saturated rings. The quantitative estimate of drug-likeness (QED) is 0.464. The van der Waals surface area contributed by atoms with Gasteiger partial charge in [0.05, 0.1) is 22.3 Å². The minimum atomic E-state index is -2.99. The zero-order valence-electron chi connectivity index (χ0n) is 15.2. The average molecular weight is 417 g/mol. The smallest absolute Gasteiger partial charge is 0.387 e. The van der Waals surface area contributed by atoms with Gasteiger partial charge < -0.3 is 10.1 Å². The van der Waals surface area contributed by atoms with Crippen LogP contribution in [0.4, 0.5) is 14.5 Å². The molecule has 9 heteroatoms. The molecule has 1 N–H and O–H groups in total. The Labute approximate surface area is 168 Å². The number of nitrogens with one attached hydrogen (secondary N) is 1. The van der Waals surface area contributed by atoms with E-state index < -0.39 is 12.5 Å². The first-order valence-electron chi connectivity index (χ1n) is 9.00. The van der Waals surface area contributed by atoms with Crippen molar-refractivity contribution in [1.29, 1.82) is 0 Å². The standard InChI is InChI=1S/C20H17F2N3O3S/c21-19(22)28-16-8-4-3-7-15(16)23-17(26)11-29-20-24-14-6-2-1-5-13(14)18(27)25(20)12-9-10-12/h1-8,12,19H,9-11H2,(H,23,26). The van der Waals surface area contributed by atoms with Crippen LogP contribution in [0, 0.1) is 0 Å². The zero-order chi connectivity index (χ0) is 20.4. The van der Waals surface area contributed by atoms with Gasteiger partial charge in [-0.25, -0.2) is 4.98 Å². The molecule has 2 aromatic carbocycles. The number of alkyl halides is 2. The molecule has 0 radical (unpaired) electrons. The van der Waals surface area contributed by atoms with E-state index in [4.69, 9.17) is 0 Å². The van der Waals surface area contributed by atoms with E-state index >= 15 is 0 Å². The van der Waals surface area contributed by atoms with Gasteiger partial charge in [-0.2, -0.15) is 8.78 Å². The summed E-state index contributed by atoms with van der Waals surface area (Å²) < 4.78 is 31.1. The molecule has 1 saturated carbocycles. The number of hydrogen-bond donors (Lipinski definition) is 1. The number of para-hydroxylation sites is 3. The molecule has 0 saturated heterocycles. The van der Waals surface area contributed by atoms with E-state index in [9.17, 15) is 18.4 Å². The lowest BCUT2D eigenvalue weighted by molar-refractivity contribution is -0.113. The molecule has 150 valence electrons. The van der Waals surface area contributed by atoms with Crippen LogP contribution < -0.4 is 15.6 Å². The van der Waals surface area contributed by atoms with Gasteiger partial charge in [0, 0.05) is 6.04 Å². The number of carbonyl (C=O) groups excluding carboxylic acids is 1. The van der Waals surface area contributed by atoms with Crippen LogP contribution in [-0.2, 0) is 4.79 Å². The third-order valence-corrected chi connectivity index (χ3v) is 5.35. The predicted octanol–water partition coefficient (Wildman–Crippen LogP) is 4.06. The largest absolute Gasteiger partial charge is 0.433 e. The van der Waals surface area contributed by atoms with Gasteiger partial charge in [0.1, 0.15) is 5.75 Å². The van der Waals surface area contributed by atoms with Crippen molar-refractivity contribution in [3.63, 3.8) is 0 Å². The monoisotopic (exact) mass is 417 g/mol. The first-order chi connectivity index (χ1) is 14.0. The Morgan fingerprint density at radius 2 is 1.93 bits per heavy atom. The second-order valence-corrected chi connectivity index (χ2v) is 7.47. The molecule has 0 bridgehead atoms. The minimum absolute atomic E-state index is 0.0273. The highest BCUT2D eigenvalue weighted by molar-refractivity contribution is 7.99. The third kappa shape index (κ3) is 4.40. The zero-order valence-corrected chi connectivity index (χ0v) is 16.0. The molecule has 1 aromatic heterocycles. The molecular weight excluding hydrogens is 400 g/mol. The highest BCUT2D eigenvalue weighted by Crippen LogP contribution is 2.37. The van der Waals surface area contributed by atoms with Crippen molar-refractivity contribution in [2.45, 2.75) is 30.7 Å². The van der Waals surface area contributed by atoms with Gasteiger partial charge in [0.2, 0.25) is 5.91 Å². The number of anilines is 1. The van der Waals surface area contributed by atoms with Crippen molar-refractivity contribution >= 4 is 34.3 Å². The number of carbonyl (C=O) groups is 1. The van der Waals surface area contributed by atoms with E-state index in [-0.39, 0.29) is 28.8 Å². The van der Waals surface area contributed by atoms with E-state index in [2.05, 4.69) is 15.0 Å². The van der Waals surface area contributed by atoms with Crippen LogP contribution in [0.2, 0.25) is 0 Å². The summed E-state index contributed by atoms with van der Waals surface area (Å²) in [7, 11) is 0. The number of thioether (sulfide) groups is 1. The van der Waals surface area contributed by atoms with Crippen molar-refractivity contribution in [2.75, 3.05) is 11.1 Å². The van der Waals surface area contributed by atoms with Crippen LogP contribution in [0.3, 0.4) is 0 Å². The van der Waals surface area contributed by atoms with Crippen molar-refractivity contribution in [1.82, 2.24) is 9.55 Å². The molecule has 0 spiro atoms. The van der Waals surface area contributed by atoms with E-state index in [0.29, 0.717) is 16.1 Å². The summed E-state index contributed by atoms with van der Waals surface area (Å²) in [6.07, 6.45) is 1.80. The van der Waals surface area contributed by atoms with Crippen LogP contribution in [0.5, 0.6) is 5.75 Å². The maximum atomic E-state index is 12.8. The van der Waals surface area contributed by atoms with Crippen LogP contribution in [-0.4, -0.2) is 27.8 Å². The summed E-state index contributed by atoms with van der Waals surface area (Å²) >= 11 is 1.14. The fourth-order valence-corrected chi connectivity index (χ4v) is 3.83. The van der Waals surface area contributed by atoms with Crippen LogP contribution in [0.15, 0.2) is 58.5 Å². The average Bonchev–Trinajstić information content (AvgIpc) is 3.52. The van der Waals surface area contributed by atoms with Gasteiger partial charge >= 0.3 is 6.61 Å². The number of benzene rings is 2. The van der Waals surface area contributed by atoms with Gasteiger partial charge in [-0.3, -0.25) is 14.2 Å². The normalized spacial score (nSPS) is 13.6. The number of hydrogen-bond acceptors (Lipinski definition) is 5. The van der Waals surface area contributed by atoms with E-state index in [0.717, 1.165) is 24.6 Å². The lowest BCUT2D eigenvalue weighted by Gasteiger charge is -2.13. The summed E-state index contributed by atoms with van der Waals surface area (Å²) in [4.78, 5) is 29.8. The lowest BCUT2D eigenvalue weighted by atomic mass is 10.2. The third-order valence-electron chi connectivity index (χ3n) is 4.40. The molecule has 3 aromatic rings. The summed E-state index contributed by atoms with van der Waals surface area (Å²) in [5.41, 5.74) is 0.620. The fourth-order valence-electron chi connectivity index (χ4n) is 2.97. The van der Waals surface area contributed by atoms with Gasteiger partial charge in [-0.15, -0.1) is 0 Å². The molecule has 4 rings (SSSR count). The molecule has 1 heterocycles. The first-order valence-corrected chi connectivity index (χ1v) is 9.99. The Morgan fingerprint density at radius 1 is 1.21 bits per heavy atom. The van der Waals surface area contributed by atoms with E-state index in [1.54, 1.807) is 34.9 Å². The molecule has 6 nitrogen and oxygen atoms in total. The van der Waals surface area contributed by atoms with E-state index in [1.165, 1.54) is 18.2 Å². The van der Waals surface area contributed by atoms with Crippen molar-refractivity contribution in [2.24, 2.45) is 0 Å². The lowest BCUT2D eigenvalue weighted by Crippen LogP contribution is -2.23. The van der Waals surface area contributed by atoms with Crippen LogP contribution in [0.1, 0.15) is 18.9 Å². The predicted molar refractivity (Wildman–Crippen MR) is 107 cm³/mol. The summed E-state index contributed by atoms with van der Waals surface area (Å²) in [6, 6.07) is 13.2. The highest BCUT2D eigenvalue weighted by Gasteiger charge is 2.28. The second kappa shape index (κ2) is 8.20. The fraction of sp³-hybridized carbons (Fsp3) is 0.250. The van der Waals surface area contributed by atoms with Crippen molar-refractivity contribution in [3.8, 4) is 5.75 Å². The molecule has 0 unspecified atom stereocenters. The van der Waals surface area contributed by atoms with Gasteiger partial charge in [-0.1, -0.05) is 36.0 Å². The SMILES string of the molecule is O=C(CSc1nc2ccccc2c(=O)n1C1CC1)Nc1ccccc1OC(F)F. The Hall–Kier alpha value is -2.94. The second-order valence-electron chi connectivity index (χ2n) is 6.53. The summed E-state index contributed by atoms with van der Waals surface area (Å²) in [6.45, 7) is -2.99. The van der Waals surface area contributed by atoms with Gasteiger partial charge in [0.15, 0.2) is 5.16 Å². The summed E-state index contributed by atoms with van der Waals surface area (Å²) in [5, 5.41) is 3.59. The van der Waals surface area contributed by atoms with Crippen molar-refractivity contribution < 1.29 is 18.3 Å². The van der Waals surface area contributed by atoms with E-state index in [1.807, 2.05) is 0 Å². The summed E-state index contributed by atoms with van der Waals surface area (Å²) in [5.74, 6) is -0.551. The Balaban J connectivity index is 1.52. The molecule has 1 aliphatic carbocycles. The highest BCUT2D eigenvalue weighted by atomic mass is 32.2. The van der Waals surface area contributed by atoms with Crippen LogP contribution in [0.25, 0.3) is 10.9 Å². The van der Waals surface area contributed by atoms with Crippen molar-refractivity contribution in [3.05, 3.63) is 58.9 Å². The van der Waals surface area contributed by atoms with Gasteiger partial charge in [0.25, 0.3) is 5.56 Å². The Kier molecular flexibility index (Phi) is 5.48. The topological polar surface area (TPSA) is 73.2 Å². The maximum absolute atomic E-state index is 12.8. The number of ether oxygens (including phenoxy) is 1. The molecule has 1 amide bonds. The van der Waals surface area contributed by atoms with Gasteiger partial charge in [-0.05, 0) is 37.1 Å². The van der Waals surface area contributed by atoms with Crippen LogP contribution >= 0.6 is 11.8 Å². The molecule has 0 atom stereocenters. The first kappa shape index (κ1) is 19.4. The molecule has 0 aliphatic heterocycles.